The molecule has 1 aromatic carbocycles. The van der Waals surface area contributed by atoms with Crippen molar-refractivity contribution in [1.29, 1.82) is 0 Å². The molecule has 0 aliphatic rings. The van der Waals surface area contributed by atoms with Crippen LogP contribution in [0.4, 0.5) is 0 Å². The number of hydrogen-bond acceptors (Lipinski definition) is 2. The zero-order valence-electron chi connectivity index (χ0n) is 10.8. The summed E-state index contributed by atoms with van der Waals surface area (Å²) >= 11 is 0. The van der Waals surface area contributed by atoms with Gasteiger partial charge in [-0.25, -0.2) is 0 Å². The van der Waals surface area contributed by atoms with Crippen molar-refractivity contribution < 1.29 is 9.90 Å². The summed E-state index contributed by atoms with van der Waals surface area (Å²) in [5, 5.41) is 9.19. The predicted molar refractivity (Wildman–Crippen MR) is 68.6 cm³/mol. The smallest absolute Gasteiger partial charge is 0.251 e. The first-order valence-electron chi connectivity index (χ1n) is 6.05. The molecule has 17 heavy (non-hydrogen) atoms. The summed E-state index contributed by atoms with van der Waals surface area (Å²) in [6.07, 6.45) is 1.29. The molecule has 1 rings (SSSR count). The summed E-state index contributed by atoms with van der Waals surface area (Å²) in [4.78, 5) is 13.0. The fourth-order valence-corrected chi connectivity index (χ4v) is 1.77. The number of nitrogens with zero attached hydrogens (tertiary/aromatic N) is 1. The lowest BCUT2D eigenvalue weighted by Gasteiger charge is -2.18. The van der Waals surface area contributed by atoms with Gasteiger partial charge in [0.05, 0.1) is 0 Å². The first-order valence-corrected chi connectivity index (χ1v) is 6.05. The van der Waals surface area contributed by atoms with Crippen LogP contribution in [0.25, 0.3) is 0 Å². The highest BCUT2D eigenvalue weighted by Gasteiger charge is 2.14. The molecular formula is C14H21NO2. The Kier molecular flexibility index (Phi) is 5.16. The normalized spacial score (nSPS) is 12.2. The van der Waals surface area contributed by atoms with Crippen molar-refractivity contribution in [2.24, 2.45) is 0 Å². The molecule has 0 aliphatic heterocycles. The van der Waals surface area contributed by atoms with Crippen LogP contribution in [0.15, 0.2) is 24.3 Å². The molecule has 1 amide bonds. The number of rotatable bonds is 5. The molecule has 0 saturated carbocycles. The minimum Gasteiger partial charge on any atom is -0.384 e. The number of aliphatic hydroxyl groups excluding tert-OH is 1. The fraction of sp³-hybridized carbons (Fsp3) is 0.500. The number of aryl methyl sites for hydroxylation is 1. The number of amides is 1. The van der Waals surface area contributed by atoms with Crippen LogP contribution in [-0.4, -0.2) is 29.1 Å². The van der Waals surface area contributed by atoms with E-state index < -0.39 is 6.10 Å². The SMILES string of the molecule is CCCc1ccc(CN(C)C(=O)C(C)O)cc1. The highest BCUT2D eigenvalue weighted by atomic mass is 16.3. The average molecular weight is 235 g/mol. The van der Waals surface area contributed by atoms with Crippen molar-refractivity contribution >= 4 is 5.91 Å². The van der Waals surface area contributed by atoms with Crippen LogP contribution < -0.4 is 0 Å². The van der Waals surface area contributed by atoms with Crippen molar-refractivity contribution in [3.05, 3.63) is 35.4 Å². The van der Waals surface area contributed by atoms with Crippen LogP contribution in [0.2, 0.25) is 0 Å². The molecule has 3 heteroatoms. The van der Waals surface area contributed by atoms with Gasteiger partial charge < -0.3 is 10.0 Å². The maximum absolute atomic E-state index is 11.5. The molecule has 1 aromatic rings. The van der Waals surface area contributed by atoms with Gasteiger partial charge in [-0.05, 0) is 24.5 Å². The van der Waals surface area contributed by atoms with E-state index in [2.05, 4.69) is 19.1 Å². The lowest BCUT2D eigenvalue weighted by Crippen LogP contribution is -2.34. The molecule has 0 fully saturated rings. The first-order chi connectivity index (χ1) is 8.04. The Labute approximate surface area is 103 Å². The van der Waals surface area contributed by atoms with Crippen LogP contribution in [-0.2, 0) is 17.8 Å². The Balaban J connectivity index is 2.60. The Hall–Kier alpha value is -1.35. The van der Waals surface area contributed by atoms with E-state index >= 15 is 0 Å². The second-order valence-corrected chi connectivity index (χ2v) is 4.44. The van der Waals surface area contributed by atoms with Gasteiger partial charge in [-0.15, -0.1) is 0 Å². The van der Waals surface area contributed by atoms with Gasteiger partial charge in [0.25, 0.3) is 5.91 Å². The van der Waals surface area contributed by atoms with Crippen LogP contribution in [0.1, 0.15) is 31.4 Å². The van der Waals surface area contributed by atoms with Gasteiger partial charge in [0.15, 0.2) is 0 Å². The van der Waals surface area contributed by atoms with Gasteiger partial charge in [0.2, 0.25) is 0 Å². The molecule has 1 unspecified atom stereocenters. The third-order valence-corrected chi connectivity index (χ3v) is 2.72. The molecule has 3 nitrogen and oxygen atoms in total. The number of hydrogen-bond donors (Lipinski definition) is 1. The van der Waals surface area contributed by atoms with E-state index in [0.29, 0.717) is 6.54 Å². The second kappa shape index (κ2) is 6.40. The summed E-state index contributed by atoms with van der Waals surface area (Å²) in [5.74, 6) is -0.248. The zero-order chi connectivity index (χ0) is 12.8. The lowest BCUT2D eigenvalue weighted by molar-refractivity contribution is -0.138. The minimum absolute atomic E-state index is 0.248. The first kappa shape index (κ1) is 13.7. The Morgan fingerprint density at radius 2 is 1.82 bits per heavy atom. The van der Waals surface area contributed by atoms with Crippen molar-refractivity contribution in [2.75, 3.05) is 7.05 Å². The number of likely N-dealkylation sites (N-methyl/N-ethyl adjacent to an activating group) is 1. The molecule has 0 bridgehead atoms. The van der Waals surface area contributed by atoms with Gasteiger partial charge in [-0.2, -0.15) is 0 Å². The van der Waals surface area contributed by atoms with Crippen LogP contribution in [0.5, 0.6) is 0 Å². The second-order valence-electron chi connectivity index (χ2n) is 4.44. The third kappa shape index (κ3) is 4.19. The van der Waals surface area contributed by atoms with E-state index in [0.717, 1.165) is 18.4 Å². The standard InChI is InChI=1S/C14H21NO2/c1-4-5-12-6-8-13(9-7-12)10-15(3)14(17)11(2)16/h6-9,11,16H,4-5,10H2,1-3H3. The maximum Gasteiger partial charge on any atom is 0.251 e. The van der Waals surface area contributed by atoms with E-state index in [9.17, 15) is 9.90 Å². The summed E-state index contributed by atoms with van der Waals surface area (Å²) in [7, 11) is 1.70. The summed E-state index contributed by atoms with van der Waals surface area (Å²) in [6.45, 7) is 4.18. The zero-order valence-corrected chi connectivity index (χ0v) is 10.8. The number of aliphatic hydroxyl groups is 1. The quantitative estimate of drug-likeness (QED) is 0.847. The molecule has 1 N–H and O–H groups in total. The lowest BCUT2D eigenvalue weighted by atomic mass is 10.1. The van der Waals surface area contributed by atoms with Crippen LogP contribution >= 0.6 is 0 Å². The summed E-state index contributed by atoms with van der Waals surface area (Å²) in [5.41, 5.74) is 2.40. The number of benzene rings is 1. The van der Waals surface area contributed by atoms with Gasteiger partial charge in [0, 0.05) is 13.6 Å². The Morgan fingerprint density at radius 1 is 1.29 bits per heavy atom. The topological polar surface area (TPSA) is 40.5 Å². The largest absolute Gasteiger partial charge is 0.384 e. The van der Waals surface area contributed by atoms with E-state index in [1.165, 1.54) is 12.5 Å². The van der Waals surface area contributed by atoms with Crippen LogP contribution in [0.3, 0.4) is 0 Å². The molecule has 0 spiro atoms. The predicted octanol–water partition coefficient (Wildman–Crippen LogP) is 1.98. The molecular weight excluding hydrogens is 214 g/mol. The van der Waals surface area contributed by atoms with E-state index in [4.69, 9.17) is 0 Å². The van der Waals surface area contributed by atoms with E-state index in [1.807, 2.05) is 12.1 Å². The third-order valence-electron chi connectivity index (χ3n) is 2.72. The number of carbonyl (C=O) groups is 1. The summed E-state index contributed by atoms with van der Waals surface area (Å²) in [6, 6.07) is 8.27. The fourth-order valence-electron chi connectivity index (χ4n) is 1.77. The maximum atomic E-state index is 11.5. The molecule has 94 valence electrons. The van der Waals surface area contributed by atoms with E-state index in [1.54, 1.807) is 11.9 Å². The van der Waals surface area contributed by atoms with Crippen LogP contribution in [0, 0.1) is 0 Å². The Morgan fingerprint density at radius 3 is 2.29 bits per heavy atom. The van der Waals surface area contributed by atoms with Gasteiger partial charge in [-0.1, -0.05) is 37.6 Å². The van der Waals surface area contributed by atoms with Crippen molar-refractivity contribution in [2.45, 2.75) is 39.3 Å². The summed E-state index contributed by atoms with van der Waals surface area (Å²) < 4.78 is 0. The van der Waals surface area contributed by atoms with Gasteiger partial charge in [0.1, 0.15) is 6.10 Å². The molecule has 0 aliphatic carbocycles. The molecule has 0 radical (unpaired) electrons. The molecule has 1 atom stereocenters. The molecule has 0 aromatic heterocycles. The van der Waals surface area contributed by atoms with Gasteiger partial charge >= 0.3 is 0 Å². The Bertz CT molecular complexity index is 357. The van der Waals surface area contributed by atoms with Crippen molar-refractivity contribution in [1.82, 2.24) is 4.90 Å². The van der Waals surface area contributed by atoms with E-state index in [-0.39, 0.29) is 5.91 Å². The highest BCUT2D eigenvalue weighted by molar-refractivity contribution is 5.79. The van der Waals surface area contributed by atoms with Crippen molar-refractivity contribution in [3.8, 4) is 0 Å². The van der Waals surface area contributed by atoms with Gasteiger partial charge in [-0.3, -0.25) is 4.79 Å². The molecule has 0 saturated heterocycles. The average Bonchev–Trinajstić information content (AvgIpc) is 2.30. The number of carbonyl (C=O) groups excluding carboxylic acids is 1. The molecule has 0 heterocycles. The monoisotopic (exact) mass is 235 g/mol. The van der Waals surface area contributed by atoms with Crippen molar-refractivity contribution in [3.63, 3.8) is 0 Å². The highest BCUT2D eigenvalue weighted by Crippen LogP contribution is 2.09. The minimum atomic E-state index is -0.931.